The fourth-order valence-corrected chi connectivity index (χ4v) is 1.41. The summed E-state index contributed by atoms with van der Waals surface area (Å²) in [6.45, 7) is 2.08. The second-order valence-corrected chi connectivity index (χ2v) is 5.03. The van der Waals surface area contributed by atoms with Crippen LogP contribution < -0.4 is 0 Å². The molecule has 1 rings (SSSR count). The lowest BCUT2D eigenvalue weighted by atomic mass is 9.77. The Kier molecular flexibility index (Phi) is 2.52. The highest BCUT2D eigenvalue weighted by Gasteiger charge is 2.33. The maximum absolute atomic E-state index is 13.9. The molecular formula is C13H16F4. The molecule has 96 valence electrons. The molecule has 1 aromatic carbocycles. The van der Waals surface area contributed by atoms with Gasteiger partial charge in [-0.3, -0.25) is 0 Å². The number of hydrogen-bond acceptors (Lipinski definition) is 0. The molecule has 0 spiro atoms. The summed E-state index contributed by atoms with van der Waals surface area (Å²) < 4.78 is 74.4. The molecule has 0 aromatic heterocycles. The zero-order valence-electron chi connectivity index (χ0n) is 12.8. The van der Waals surface area contributed by atoms with Crippen molar-refractivity contribution in [3.8, 4) is 0 Å². The van der Waals surface area contributed by atoms with Crippen LogP contribution in [0, 0.1) is 11.2 Å². The van der Waals surface area contributed by atoms with Crippen LogP contribution in [0.5, 0.6) is 0 Å². The topological polar surface area (TPSA) is 0 Å². The predicted octanol–water partition coefficient (Wildman–Crippen LogP) is 4.99. The SMILES string of the molecule is [2H]C([2H])([2H])[C@@H](c1cc(C(F)(F)F)ccc1F)C(C)(C)C. The average Bonchev–Trinajstić information content (AvgIpc) is 2.15. The van der Waals surface area contributed by atoms with Gasteiger partial charge in [0.2, 0.25) is 0 Å². The number of rotatable bonds is 1. The quantitative estimate of drug-likeness (QED) is 0.616. The largest absolute Gasteiger partial charge is 0.416 e. The van der Waals surface area contributed by atoms with Crippen LogP contribution >= 0.6 is 0 Å². The van der Waals surface area contributed by atoms with Crippen molar-refractivity contribution in [3.63, 3.8) is 0 Å². The lowest BCUT2D eigenvalue weighted by molar-refractivity contribution is -0.137. The molecule has 0 aliphatic heterocycles. The van der Waals surface area contributed by atoms with E-state index in [9.17, 15) is 17.6 Å². The molecule has 1 atom stereocenters. The fourth-order valence-electron chi connectivity index (χ4n) is 1.41. The van der Waals surface area contributed by atoms with Gasteiger partial charge >= 0.3 is 6.18 Å². The first-order valence-corrected chi connectivity index (χ1v) is 5.11. The highest BCUT2D eigenvalue weighted by molar-refractivity contribution is 5.30. The molecule has 0 saturated heterocycles. The van der Waals surface area contributed by atoms with Gasteiger partial charge in [-0.2, -0.15) is 13.2 Å². The first kappa shape index (κ1) is 9.92. The van der Waals surface area contributed by atoms with E-state index in [0.717, 1.165) is 0 Å². The predicted molar refractivity (Wildman–Crippen MR) is 59.3 cm³/mol. The van der Waals surface area contributed by atoms with Crippen molar-refractivity contribution in [2.75, 3.05) is 0 Å². The van der Waals surface area contributed by atoms with Crippen LogP contribution in [0.1, 0.15) is 48.8 Å². The summed E-state index contributed by atoms with van der Waals surface area (Å²) >= 11 is 0. The smallest absolute Gasteiger partial charge is 0.207 e. The monoisotopic (exact) mass is 251 g/mol. The normalized spacial score (nSPS) is 18.2. The molecule has 0 N–H and O–H groups in total. The van der Waals surface area contributed by atoms with E-state index in [1.165, 1.54) is 0 Å². The standard InChI is InChI=1S/C13H16F4/c1-8(12(2,3)4)10-7-9(13(15,16)17)5-6-11(10)14/h5-8H,1-4H3/t8-/m0/s1/i1D3. The minimum Gasteiger partial charge on any atom is -0.207 e. The first-order valence-electron chi connectivity index (χ1n) is 6.61. The minimum absolute atomic E-state index is 0.424. The Morgan fingerprint density at radius 1 is 1.18 bits per heavy atom. The molecule has 0 amide bonds. The Labute approximate surface area is 103 Å². The van der Waals surface area contributed by atoms with Crippen molar-refractivity contribution < 1.29 is 21.7 Å². The Morgan fingerprint density at radius 3 is 2.18 bits per heavy atom. The number of alkyl halides is 3. The van der Waals surface area contributed by atoms with E-state index < -0.39 is 41.3 Å². The van der Waals surface area contributed by atoms with Gasteiger partial charge in [-0.25, -0.2) is 4.39 Å². The van der Waals surface area contributed by atoms with E-state index in [1.54, 1.807) is 20.8 Å². The van der Waals surface area contributed by atoms with Gasteiger partial charge in [-0.05, 0) is 35.1 Å². The molecule has 0 unspecified atom stereocenters. The zero-order chi connectivity index (χ0) is 15.9. The molecule has 0 nitrogen and oxygen atoms in total. The maximum atomic E-state index is 13.9. The number of benzene rings is 1. The van der Waals surface area contributed by atoms with Crippen molar-refractivity contribution in [1.82, 2.24) is 0 Å². The Bertz CT molecular complexity index is 470. The molecule has 0 bridgehead atoms. The Hall–Kier alpha value is -1.06. The minimum atomic E-state index is -4.64. The summed E-state index contributed by atoms with van der Waals surface area (Å²) in [7, 11) is 0. The summed E-state index contributed by atoms with van der Waals surface area (Å²) in [6.07, 6.45) is -4.64. The Morgan fingerprint density at radius 2 is 1.76 bits per heavy atom. The van der Waals surface area contributed by atoms with Gasteiger partial charge in [0.1, 0.15) is 5.82 Å². The molecule has 0 radical (unpaired) electrons. The number of halogens is 4. The third-order valence-corrected chi connectivity index (χ3v) is 2.50. The second kappa shape index (κ2) is 4.31. The summed E-state index contributed by atoms with van der Waals surface area (Å²) in [5.41, 5.74) is -2.38. The molecule has 0 fully saturated rings. The fraction of sp³-hybridized carbons (Fsp3) is 0.538. The van der Waals surface area contributed by atoms with Gasteiger partial charge in [0.15, 0.2) is 0 Å². The van der Waals surface area contributed by atoms with Crippen molar-refractivity contribution in [3.05, 3.63) is 35.1 Å². The highest BCUT2D eigenvalue weighted by Crippen LogP contribution is 2.38. The molecule has 17 heavy (non-hydrogen) atoms. The summed E-state index contributed by atoms with van der Waals surface area (Å²) in [5, 5.41) is 0. The van der Waals surface area contributed by atoms with Gasteiger partial charge in [0.05, 0.1) is 5.56 Å². The third kappa shape index (κ3) is 3.20. The molecular weight excluding hydrogens is 232 g/mol. The summed E-state index contributed by atoms with van der Waals surface area (Å²) in [5.74, 6) is -2.26. The lowest BCUT2D eigenvalue weighted by Gasteiger charge is -2.28. The molecule has 4 heteroatoms. The van der Waals surface area contributed by atoms with Crippen LogP contribution in [0.3, 0.4) is 0 Å². The molecule has 0 saturated carbocycles. The Balaban J connectivity index is 3.49. The van der Waals surface area contributed by atoms with Crippen molar-refractivity contribution >= 4 is 0 Å². The van der Waals surface area contributed by atoms with E-state index >= 15 is 0 Å². The summed E-state index contributed by atoms with van der Waals surface area (Å²) in [6, 6.07) is 1.87. The van der Waals surface area contributed by atoms with Crippen molar-refractivity contribution in [2.45, 2.75) is 39.7 Å². The van der Waals surface area contributed by atoms with Gasteiger partial charge in [-0.1, -0.05) is 27.6 Å². The molecule has 0 heterocycles. The average molecular weight is 251 g/mol. The van der Waals surface area contributed by atoms with Crippen LogP contribution in [0.4, 0.5) is 17.6 Å². The van der Waals surface area contributed by atoms with E-state index in [2.05, 4.69) is 0 Å². The maximum Gasteiger partial charge on any atom is 0.416 e. The van der Waals surface area contributed by atoms with Crippen LogP contribution in [0.2, 0.25) is 0 Å². The van der Waals surface area contributed by atoms with Crippen LogP contribution in [-0.4, -0.2) is 0 Å². The van der Waals surface area contributed by atoms with E-state index in [4.69, 9.17) is 4.11 Å². The first-order chi connectivity index (χ1) is 8.74. The molecule has 1 aromatic rings. The van der Waals surface area contributed by atoms with Gasteiger partial charge in [0, 0.05) is 4.11 Å². The summed E-state index contributed by atoms with van der Waals surface area (Å²) in [4.78, 5) is 0. The third-order valence-electron chi connectivity index (χ3n) is 2.50. The van der Waals surface area contributed by atoms with Crippen molar-refractivity contribution in [1.29, 1.82) is 0 Å². The lowest BCUT2D eigenvalue weighted by Crippen LogP contribution is -2.17. The number of hydrogen-bond donors (Lipinski definition) is 0. The van der Waals surface area contributed by atoms with Gasteiger partial charge in [-0.15, -0.1) is 0 Å². The molecule has 0 aliphatic carbocycles. The van der Waals surface area contributed by atoms with Crippen LogP contribution in [-0.2, 0) is 6.18 Å². The second-order valence-electron chi connectivity index (χ2n) is 5.03. The zero-order valence-corrected chi connectivity index (χ0v) is 9.82. The van der Waals surface area contributed by atoms with E-state index in [0.29, 0.717) is 18.2 Å². The van der Waals surface area contributed by atoms with E-state index in [1.807, 2.05) is 0 Å². The van der Waals surface area contributed by atoms with Crippen LogP contribution in [0.25, 0.3) is 0 Å². The van der Waals surface area contributed by atoms with E-state index in [-0.39, 0.29) is 0 Å². The molecule has 0 aliphatic rings. The highest BCUT2D eigenvalue weighted by atomic mass is 19.4. The van der Waals surface area contributed by atoms with Gasteiger partial charge in [0.25, 0.3) is 0 Å². The van der Waals surface area contributed by atoms with Crippen molar-refractivity contribution in [2.24, 2.45) is 5.41 Å². The van der Waals surface area contributed by atoms with Crippen LogP contribution in [0.15, 0.2) is 18.2 Å². The van der Waals surface area contributed by atoms with Gasteiger partial charge < -0.3 is 0 Å².